The van der Waals surface area contributed by atoms with Crippen LogP contribution in [-0.2, 0) is 22.0 Å². The molecule has 0 radical (unpaired) electrons. The highest BCUT2D eigenvalue weighted by molar-refractivity contribution is 8.04. The SMILES string of the molecule is CCc1cccc(C)c1NC(SCc1ccc(C)cc1C)=C(C#N)S(=O)(=O)c1ccccc1. The van der Waals surface area contributed by atoms with Crippen LogP contribution < -0.4 is 5.32 Å². The van der Waals surface area contributed by atoms with E-state index in [1.54, 1.807) is 18.2 Å². The number of hydrogen-bond acceptors (Lipinski definition) is 5. The summed E-state index contributed by atoms with van der Waals surface area (Å²) in [4.78, 5) is -0.165. The second-order valence-electron chi connectivity index (χ2n) is 7.89. The minimum absolute atomic E-state index is 0.105. The molecule has 0 spiro atoms. The Balaban J connectivity index is 2.12. The minimum Gasteiger partial charge on any atom is -0.348 e. The number of sulfone groups is 1. The monoisotopic (exact) mass is 476 g/mol. The maximum absolute atomic E-state index is 13.4. The van der Waals surface area contributed by atoms with Crippen LogP contribution in [0, 0.1) is 32.1 Å². The quantitative estimate of drug-likeness (QED) is 0.367. The fraction of sp³-hybridized carbons (Fsp3) is 0.222. The van der Waals surface area contributed by atoms with Crippen LogP contribution in [0.25, 0.3) is 0 Å². The van der Waals surface area contributed by atoms with Gasteiger partial charge in [-0.3, -0.25) is 0 Å². The van der Waals surface area contributed by atoms with Crippen LogP contribution in [0.4, 0.5) is 5.69 Å². The van der Waals surface area contributed by atoms with E-state index >= 15 is 0 Å². The maximum atomic E-state index is 13.4. The number of rotatable bonds is 8. The van der Waals surface area contributed by atoms with Gasteiger partial charge in [0, 0.05) is 11.4 Å². The number of para-hydroxylation sites is 1. The summed E-state index contributed by atoms with van der Waals surface area (Å²) in [6, 6.07) is 22.3. The first kappa shape index (κ1) is 24.6. The molecule has 6 heteroatoms. The third-order valence-corrected chi connectivity index (χ3v) is 8.38. The number of benzene rings is 3. The van der Waals surface area contributed by atoms with E-state index in [1.165, 1.54) is 29.5 Å². The number of thioether (sulfide) groups is 1. The number of aryl methyl sites for hydroxylation is 4. The van der Waals surface area contributed by atoms with Gasteiger partial charge in [-0.15, -0.1) is 11.8 Å². The summed E-state index contributed by atoms with van der Waals surface area (Å²) in [5.74, 6) is 0.539. The van der Waals surface area contributed by atoms with Crippen molar-refractivity contribution in [3.8, 4) is 6.07 Å². The average Bonchev–Trinajstić information content (AvgIpc) is 2.80. The van der Waals surface area contributed by atoms with E-state index in [0.717, 1.165) is 34.4 Å². The molecule has 0 unspecified atom stereocenters. The van der Waals surface area contributed by atoms with Crippen molar-refractivity contribution in [3.05, 3.63) is 104 Å². The highest BCUT2D eigenvalue weighted by atomic mass is 32.2. The molecule has 1 N–H and O–H groups in total. The zero-order valence-electron chi connectivity index (χ0n) is 19.3. The van der Waals surface area contributed by atoms with Crippen molar-refractivity contribution < 1.29 is 8.42 Å². The largest absolute Gasteiger partial charge is 0.348 e. The summed E-state index contributed by atoms with van der Waals surface area (Å²) in [6.07, 6.45) is 0.784. The van der Waals surface area contributed by atoms with Gasteiger partial charge in [0.15, 0.2) is 4.91 Å². The smallest absolute Gasteiger partial charge is 0.219 e. The summed E-state index contributed by atoms with van der Waals surface area (Å²) in [7, 11) is -3.99. The lowest BCUT2D eigenvalue weighted by Gasteiger charge is -2.18. The number of nitrogens with one attached hydrogen (secondary N) is 1. The van der Waals surface area contributed by atoms with Crippen LogP contribution in [0.15, 0.2) is 81.6 Å². The fourth-order valence-electron chi connectivity index (χ4n) is 3.58. The number of hydrogen-bond donors (Lipinski definition) is 1. The van der Waals surface area contributed by atoms with Crippen molar-refractivity contribution in [1.29, 1.82) is 5.26 Å². The Morgan fingerprint density at radius 1 is 0.939 bits per heavy atom. The van der Waals surface area contributed by atoms with Gasteiger partial charge in [0.25, 0.3) is 0 Å². The summed E-state index contributed by atoms with van der Waals surface area (Å²) in [5.41, 5.74) is 6.31. The summed E-state index contributed by atoms with van der Waals surface area (Å²) < 4.78 is 26.8. The highest BCUT2D eigenvalue weighted by Gasteiger charge is 2.26. The van der Waals surface area contributed by atoms with Gasteiger partial charge in [-0.1, -0.05) is 67.1 Å². The summed E-state index contributed by atoms with van der Waals surface area (Å²) in [5, 5.41) is 13.7. The standard InChI is InChI=1S/C27H28N2O2S2/c1-5-22-11-9-10-20(3)26(22)29-27(32-18-23-15-14-19(2)16-21(23)4)25(17-28)33(30,31)24-12-7-6-8-13-24/h6-16,29H,5,18H2,1-4H3. The Morgan fingerprint density at radius 2 is 1.67 bits per heavy atom. The van der Waals surface area contributed by atoms with Gasteiger partial charge in [-0.25, -0.2) is 8.42 Å². The zero-order valence-corrected chi connectivity index (χ0v) is 21.0. The summed E-state index contributed by atoms with van der Waals surface area (Å²) >= 11 is 1.34. The van der Waals surface area contributed by atoms with Gasteiger partial charge < -0.3 is 5.32 Å². The second-order valence-corrected chi connectivity index (χ2v) is 10.8. The molecule has 3 rings (SSSR count). The third kappa shape index (κ3) is 5.68. The van der Waals surface area contributed by atoms with Crippen LogP contribution in [0.1, 0.15) is 34.7 Å². The van der Waals surface area contributed by atoms with E-state index in [0.29, 0.717) is 10.8 Å². The Morgan fingerprint density at radius 3 is 2.30 bits per heavy atom. The molecule has 0 aliphatic rings. The predicted molar refractivity (Wildman–Crippen MR) is 138 cm³/mol. The van der Waals surface area contributed by atoms with Crippen LogP contribution >= 0.6 is 11.8 Å². The molecule has 0 atom stereocenters. The highest BCUT2D eigenvalue weighted by Crippen LogP contribution is 2.34. The molecule has 33 heavy (non-hydrogen) atoms. The van der Waals surface area contributed by atoms with Gasteiger partial charge in [0.1, 0.15) is 11.1 Å². The lowest BCUT2D eigenvalue weighted by atomic mass is 10.1. The average molecular weight is 477 g/mol. The van der Waals surface area contributed by atoms with Crippen LogP contribution in [0.5, 0.6) is 0 Å². The molecule has 0 fully saturated rings. The van der Waals surface area contributed by atoms with Gasteiger partial charge in [0.05, 0.1) is 4.90 Å². The van der Waals surface area contributed by atoms with Gasteiger partial charge in [-0.05, 0) is 61.6 Å². The third-order valence-electron chi connectivity index (χ3n) is 5.48. The second kappa shape index (κ2) is 10.7. The number of anilines is 1. The van der Waals surface area contributed by atoms with Crippen molar-refractivity contribution in [2.75, 3.05) is 5.32 Å². The first-order valence-corrected chi connectivity index (χ1v) is 13.2. The fourth-order valence-corrected chi connectivity index (χ4v) is 6.23. The molecule has 4 nitrogen and oxygen atoms in total. The van der Waals surface area contributed by atoms with Gasteiger partial charge in [0.2, 0.25) is 9.84 Å². The minimum atomic E-state index is -3.99. The molecule has 0 aliphatic carbocycles. The van der Waals surface area contributed by atoms with Crippen molar-refractivity contribution in [2.45, 2.75) is 44.8 Å². The molecule has 3 aromatic carbocycles. The van der Waals surface area contributed by atoms with Crippen molar-refractivity contribution >= 4 is 27.3 Å². The van der Waals surface area contributed by atoms with Gasteiger partial charge in [-0.2, -0.15) is 5.26 Å². The molecular weight excluding hydrogens is 448 g/mol. The molecule has 0 heterocycles. The van der Waals surface area contributed by atoms with E-state index in [4.69, 9.17) is 0 Å². The molecule has 0 saturated carbocycles. The Hall–Kier alpha value is -3.01. The van der Waals surface area contributed by atoms with E-state index in [9.17, 15) is 13.7 Å². The lowest BCUT2D eigenvalue weighted by Crippen LogP contribution is -2.11. The topological polar surface area (TPSA) is 70.0 Å². The van der Waals surface area contributed by atoms with Crippen molar-refractivity contribution in [3.63, 3.8) is 0 Å². The first-order chi connectivity index (χ1) is 15.8. The van der Waals surface area contributed by atoms with E-state index in [2.05, 4.69) is 24.4 Å². The molecule has 170 valence electrons. The van der Waals surface area contributed by atoms with Crippen LogP contribution in [-0.4, -0.2) is 8.42 Å². The van der Waals surface area contributed by atoms with Crippen LogP contribution in [0.2, 0.25) is 0 Å². The Kier molecular flexibility index (Phi) is 8.01. The molecule has 0 aliphatic heterocycles. The van der Waals surface area contributed by atoms with E-state index in [-0.39, 0.29) is 9.80 Å². The number of nitriles is 1. The van der Waals surface area contributed by atoms with E-state index < -0.39 is 9.84 Å². The molecule has 0 saturated heterocycles. The zero-order chi connectivity index (χ0) is 24.0. The van der Waals surface area contributed by atoms with Gasteiger partial charge >= 0.3 is 0 Å². The first-order valence-electron chi connectivity index (χ1n) is 10.8. The number of allylic oxidation sites excluding steroid dienone is 1. The Labute approximate surface area is 201 Å². The molecule has 0 amide bonds. The molecule has 3 aromatic rings. The normalized spacial score (nSPS) is 12.1. The number of nitrogens with zero attached hydrogens (tertiary/aromatic N) is 1. The molecule has 0 aromatic heterocycles. The lowest BCUT2D eigenvalue weighted by molar-refractivity contribution is 0.603. The predicted octanol–water partition coefficient (Wildman–Crippen LogP) is 6.69. The Bertz CT molecular complexity index is 1320. The van der Waals surface area contributed by atoms with Crippen molar-refractivity contribution in [2.24, 2.45) is 0 Å². The molecular formula is C27H28N2O2S2. The van der Waals surface area contributed by atoms with E-state index in [1.807, 2.05) is 51.1 Å². The maximum Gasteiger partial charge on any atom is 0.219 e. The van der Waals surface area contributed by atoms with Crippen LogP contribution in [0.3, 0.4) is 0 Å². The molecule has 0 bridgehead atoms. The summed E-state index contributed by atoms with van der Waals surface area (Å²) in [6.45, 7) is 8.12. The van der Waals surface area contributed by atoms with Crippen molar-refractivity contribution in [1.82, 2.24) is 0 Å².